The SMILES string of the molecule is Cc1ccc(C)c(S(=O)(=O)NCCC(=O)NCc2ccc(Cl)cc2Cl)c1. The summed E-state index contributed by atoms with van der Waals surface area (Å²) in [5.41, 5.74) is 2.25. The number of carbonyl (C=O) groups excluding carboxylic acids is 1. The second-order valence-electron chi connectivity index (χ2n) is 5.93. The van der Waals surface area contributed by atoms with Crippen LogP contribution < -0.4 is 10.0 Å². The number of halogens is 2. The largest absolute Gasteiger partial charge is 0.352 e. The third kappa shape index (κ3) is 5.71. The second kappa shape index (κ2) is 8.86. The van der Waals surface area contributed by atoms with E-state index in [1.165, 1.54) is 0 Å². The van der Waals surface area contributed by atoms with E-state index in [4.69, 9.17) is 23.2 Å². The number of rotatable bonds is 7. The zero-order chi connectivity index (χ0) is 19.3. The monoisotopic (exact) mass is 414 g/mol. The molecule has 0 aliphatic heterocycles. The first kappa shape index (κ1) is 20.7. The van der Waals surface area contributed by atoms with Crippen molar-refractivity contribution in [3.8, 4) is 0 Å². The summed E-state index contributed by atoms with van der Waals surface area (Å²) in [6.07, 6.45) is 0.0231. The van der Waals surface area contributed by atoms with Crippen molar-refractivity contribution in [3.63, 3.8) is 0 Å². The summed E-state index contributed by atoms with van der Waals surface area (Å²) in [5, 5.41) is 3.69. The van der Waals surface area contributed by atoms with Crippen LogP contribution in [0.15, 0.2) is 41.3 Å². The Hall–Kier alpha value is -1.60. The summed E-state index contributed by atoms with van der Waals surface area (Å²) in [6, 6.07) is 10.2. The minimum absolute atomic E-state index is 0.00982. The standard InChI is InChI=1S/C18H20Cl2N2O3S/c1-12-3-4-13(2)17(9-12)26(24,25)22-8-7-18(23)21-11-14-5-6-15(19)10-16(14)20/h3-6,9-10,22H,7-8,11H2,1-2H3,(H,21,23). The topological polar surface area (TPSA) is 75.3 Å². The Morgan fingerprint density at radius 3 is 2.50 bits per heavy atom. The number of amides is 1. The van der Waals surface area contributed by atoms with Gasteiger partial charge >= 0.3 is 0 Å². The van der Waals surface area contributed by atoms with E-state index in [-0.39, 0.29) is 30.3 Å². The third-order valence-corrected chi connectivity index (χ3v) is 5.96. The van der Waals surface area contributed by atoms with E-state index in [9.17, 15) is 13.2 Å². The van der Waals surface area contributed by atoms with Crippen LogP contribution in [-0.4, -0.2) is 20.9 Å². The van der Waals surface area contributed by atoms with Crippen molar-refractivity contribution in [2.24, 2.45) is 0 Å². The Labute approximate surface area is 163 Å². The number of aryl methyl sites for hydroxylation is 2. The van der Waals surface area contributed by atoms with Gasteiger partial charge < -0.3 is 5.32 Å². The Morgan fingerprint density at radius 2 is 1.81 bits per heavy atom. The molecule has 2 N–H and O–H groups in total. The van der Waals surface area contributed by atoms with Crippen LogP contribution in [0.1, 0.15) is 23.1 Å². The normalized spacial score (nSPS) is 11.4. The summed E-state index contributed by atoms with van der Waals surface area (Å²) < 4.78 is 27.2. The molecular formula is C18H20Cl2N2O3S. The van der Waals surface area contributed by atoms with Gasteiger partial charge in [0.1, 0.15) is 0 Å². The molecule has 0 unspecified atom stereocenters. The molecule has 0 saturated carbocycles. The molecule has 0 aliphatic carbocycles. The van der Waals surface area contributed by atoms with E-state index in [0.717, 1.165) is 11.1 Å². The number of nitrogens with one attached hydrogen (secondary N) is 2. The quantitative estimate of drug-likeness (QED) is 0.726. The molecule has 8 heteroatoms. The van der Waals surface area contributed by atoms with Gasteiger partial charge in [-0.1, -0.05) is 41.4 Å². The molecule has 0 spiro atoms. The van der Waals surface area contributed by atoms with Gasteiger partial charge in [0.25, 0.3) is 0 Å². The summed E-state index contributed by atoms with van der Waals surface area (Å²) in [6.45, 7) is 3.82. The van der Waals surface area contributed by atoms with E-state index in [0.29, 0.717) is 15.6 Å². The van der Waals surface area contributed by atoms with E-state index in [2.05, 4.69) is 10.0 Å². The maximum absolute atomic E-state index is 12.4. The van der Waals surface area contributed by atoms with Crippen LogP contribution >= 0.6 is 23.2 Å². The minimum atomic E-state index is -3.65. The van der Waals surface area contributed by atoms with Crippen molar-refractivity contribution < 1.29 is 13.2 Å². The molecule has 0 atom stereocenters. The fourth-order valence-electron chi connectivity index (χ4n) is 2.32. The molecule has 0 radical (unpaired) electrons. The molecule has 0 saturated heterocycles. The van der Waals surface area contributed by atoms with Crippen LogP contribution in [0, 0.1) is 13.8 Å². The fourth-order valence-corrected chi connectivity index (χ4v) is 4.16. The summed E-state index contributed by atoms with van der Waals surface area (Å²) in [5.74, 6) is -0.278. The van der Waals surface area contributed by atoms with Crippen molar-refractivity contribution in [1.82, 2.24) is 10.0 Å². The van der Waals surface area contributed by atoms with E-state index in [1.54, 1.807) is 37.3 Å². The fraction of sp³-hybridized carbons (Fsp3) is 0.278. The Balaban J connectivity index is 1.86. The van der Waals surface area contributed by atoms with Crippen molar-refractivity contribution in [2.75, 3.05) is 6.54 Å². The second-order valence-corrected chi connectivity index (χ2v) is 8.51. The Bertz CT molecular complexity index is 915. The van der Waals surface area contributed by atoms with Gasteiger partial charge in [0.05, 0.1) is 4.90 Å². The van der Waals surface area contributed by atoms with Gasteiger partial charge in [-0.25, -0.2) is 13.1 Å². The van der Waals surface area contributed by atoms with E-state index >= 15 is 0 Å². The first-order valence-corrected chi connectivity index (χ1v) is 10.2. The zero-order valence-corrected chi connectivity index (χ0v) is 16.8. The molecule has 26 heavy (non-hydrogen) atoms. The molecule has 0 heterocycles. The lowest BCUT2D eigenvalue weighted by Gasteiger charge is -2.11. The molecule has 2 rings (SSSR count). The molecule has 2 aromatic rings. The maximum Gasteiger partial charge on any atom is 0.240 e. The molecule has 2 aromatic carbocycles. The highest BCUT2D eigenvalue weighted by Gasteiger charge is 2.17. The van der Waals surface area contributed by atoms with Gasteiger partial charge in [0.15, 0.2) is 0 Å². The van der Waals surface area contributed by atoms with Crippen LogP contribution in [0.25, 0.3) is 0 Å². The summed E-state index contributed by atoms with van der Waals surface area (Å²) >= 11 is 11.9. The number of sulfonamides is 1. The number of hydrogen-bond donors (Lipinski definition) is 2. The highest BCUT2D eigenvalue weighted by Crippen LogP contribution is 2.20. The summed E-state index contributed by atoms with van der Waals surface area (Å²) in [4.78, 5) is 12.2. The molecule has 0 aromatic heterocycles. The molecular weight excluding hydrogens is 395 g/mol. The zero-order valence-electron chi connectivity index (χ0n) is 14.5. The molecule has 5 nitrogen and oxygen atoms in total. The average Bonchev–Trinajstić information content (AvgIpc) is 2.56. The first-order valence-electron chi connectivity index (χ1n) is 7.96. The number of hydrogen-bond acceptors (Lipinski definition) is 3. The van der Waals surface area contributed by atoms with Gasteiger partial charge in [-0.15, -0.1) is 0 Å². The lowest BCUT2D eigenvalue weighted by molar-refractivity contribution is -0.121. The predicted molar refractivity (Wildman–Crippen MR) is 104 cm³/mol. The molecule has 0 fully saturated rings. The average molecular weight is 415 g/mol. The third-order valence-electron chi connectivity index (χ3n) is 3.77. The van der Waals surface area contributed by atoms with Gasteiger partial charge in [-0.3, -0.25) is 4.79 Å². The van der Waals surface area contributed by atoms with E-state index in [1.807, 2.05) is 13.0 Å². The maximum atomic E-state index is 12.4. The summed E-state index contributed by atoms with van der Waals surface area (Å²) in [7, 11) is -3.65. The predicted octanol–water partition coefficient (Wildman–Crippen LogP) is 3.60. The molecule has 0 aliphatic rings. The molecule has 140 valence electrons. The highest BCUT2D eigenvalue weighted by atomic mass is 35.5. The van der Waals surface area contributed by atoms with Crippen LogP contribution in [-0.2, 0) is 21.4 Å². The molecule has 0 bridgehead atoms. The highest BCUT2D eigenvalue weighted by molar-refractivity contribution is 7.89. The Morgan fingerprint density at radius 1 is 1.08 bits per heavy atom. The van der Waals surface area contributed by atoms with Crippen LogP contribution in [0.4, 0.5) is 0 Å². The van der Waals surface area contributed by atoms with Gasteiger partial charge in [-0.2, -0.15) is 0 Å². The smallest absolute Gasteiger partial charge is 0.240 e. The van der Waals surface area contributed by atoms with Crippen LogP contribution in [0.3, 0.4) is 0 Å². The van der Waals surface area contributed by atoms with Crippen molar-refractivity contribution >= 4 is 39.1 Å². The van der Waals surface area contributed by atoms with Gasteiger partial charge in [0.2, 0.25) is 15.9 Å². The van der Waals surface area contributed by atoms with Gasteiger partial charge in [0, 0.05) is 29.6 Å². The lowest BCUT2D eigenvalue weighted by Crippen LogP contribution is -2.31. The first-order chi connectivity index (χ1) is 12.2. The number of benzene rings is 2. The number of carbonyl (C=O) groups is 1. The van der Waals surface area contributed by atoms with Gasteiger partial charge in [-0.05, 0) is 48.7 Å². The van der Waals surface area contributed by atoms with Crippen LogP contribution in [0.2, 0.25) is 10.0 Å². The van der Waals surface area contributed by atoms with Crippen molar-refractivity contribution in [3.05, 3.63) is 63.1 Å². The molecule has 1 amide bonds. The minimum Gasteiger partial charge on any atom is -0.352 e. The van der Waals surface area contributed by atoms with Crippen LogP contribution in [0.5, 0.6) is 0 Å². The lowest BCUT2D eigenvalue weighted by atomic mass is 10.2. The van der Waals surface area contributed by atoms with E-state index < -0.39 is 10.0 Å². The van der Waals surface area contributed by atoms with Crippen molar-refractivity contribution in [1.29, 1.82) is 0 Å². The Kier molecular flexibility index (Phi) is 7.06. The van der Waals surface area contributed by atoms with Crippen molar-refractivity contribution in [2.45, 2.75) is 31.7 Å².